The van der Waals surface area contributed by atoms with Crippen LogP contribution in [-0.4, -0.2) is 29.3 Å². The second kappa shape index (κ2) is 5.44. The fraction of sp³-hybridized carbons (Fsp3) is 0.429. The van der Waals surface area contributed by atoms with E-state index in [1.54, 1.807) is 17.2 Å². The first-order valence-corrected chi connectivity index (χ1v) is 7.30. The van der Waals surface area contributed by atoms with Crippen LogP contribution < -0.4 is 0 Å². The highest BCUT2D eigenvalue weighted by atomic mass is 35.5. The summed E-state index contributed by atoms with van der Waals surface area (Å²) in [6.45, 7) is 4.67. The van der Waals surface area contributed by atoms with Crippen LogP contribution in [0, 0.1) is 6.92 Å². The van der Waals surface area contributed by atoms with Crippen molar-refractivity contribution in [2.24, 2.45) is 7.05 Å². The molecule has 0 aromatic carbocycles. The van der Waals surface area contributed by atoms with E-state index in [4.69, 9.17) is 11.6 Å². The maximum absolute atomic E-state index is 6.27. The van der Waals surface area contributed by atoms with Crippen molar-refractivity contribution in [2.45, 2.75) is 32.2 Å². The van der Waals surface area contributed by atoms with Crippen LogP contribution in [0.2, 0.25) is 0 Å². The van der Waals surface area contributed by atoms with E-state index < -0.39 is 0 Å². The average Bonchev–Trinajstić information content (AvgIpc) is 3.01. The minimum Gasteiger partial charge on any atom is -0.311 e. The van der Waals surface area contributed by atoms with Gasteiger partial charge in [0.1, 0.15) is 17.7 Å². The monoisotopic (exact) mass is 304 g/mol. The molecule has 0 saturated heterocycles. The summed E-state index contributed by atoms with van der Waals surface area (Å²) in [4.78, 5) is 13.4. The lowest BCUT2D eigenvalue weighted by Gasteiger charge is -2.08. The molecule has 0 aliphatic rings. The van der Waals surface area contributed by atoms with E-state index in [9.17, 15) is 0 Å². The van der Waals surface area contributed by atoms with Crippen LogP contribution in [0.5, 0.6) is 0 Å². The fourth-order valence-electron chi connectivity index (χ4n) is 2.39. The standard InChI is InChI=1S/C14H17ClN6/c1-9-4-6-16-14-12(9)18-13(10(2)15)21(14)7-5-11-17-8-20(3)19-11/h4,6,8,10H,5,7H2,1-3H3. The summed E-state index contributed by atoms with van der Waals surface area (Å²) in [6, 6.07) is 1.96. The number of fused-ring (bicyclic) bond motifs is 1. The minimum atomic E-state index is -0.171. The Kier molecular flexibility index (Phi) is 3.63. The molecule has 6 nitrogen and oxygen atoms in total. The highest BCUT2D eigenvalue weighted by molar-refractivity contribution is 6.20. The zero-order valence-corrected chi connectivity index (χ0v) is 13.0. The second-order valence-corrected chi connectivity index (χ2v) is 5.78. The Labute approximate surface area is 127 Å². The largest absolute Gasteiger partial charge is 0.311 e. The fourth-order valence-corrected chi connectivity index (χ4v) is 2.56. The van der Waals surface area contributed by atoms with E-state index in [2.05, 4.69) is 24.6 Å². The normalized spacial score (nSPS) is 13.0. The van der Waals surface area contributed by atoms with Crippen LogP contribution in [0.3, 0.4) is 0 Å². The Morgan fingerprint density at radius 1 is 1.33 bits per heavy atom. The van der Waals surface area contributed by atoms with Crippen molar-refractivity contribution in [1.82, 2.24) is 29.3 Å². The van der Waals surface area contributed by atoms with E-state index >= 15 is 0 Å². The van der Waals surface area contributed by atoms with Crippen molar-refractivity contribution in [3.05, 3.63) is 35.8 Å². The molecule has 110 valence electrons. The lowest BCUT2D eigenvalue weighted by atomic mass is 10.3. The van der Waals surface area contributed by atoms with Gasteiger partial charge < -0.3 is 4.57 Å². The topological polar surface area (TPSA) is 61.4 Å². The summed E-state index contributed by atoms with van der Waals surface area (Å²) >= 11 is 6.27. The molecule has 7 heteroatoms. The van der Waals surface area contributed by atoms with Crippen LogP contribution >= 0.6 is 11.6 Å². The van der Waals surface area contributed by atoms with Gasteiger partial charge in [-0.25, -0.2) is 15.0 Å². The summed E-state index contributed by atoms with van der Waals surface area (Å²) in [5, 5.41) is 4.13. The Morgan fingerprint density at radius 3 is 2.81 bits per heavy atom. The van der Waals surface area contributed by atoms with Gasteiger partial charge in [0.25, 0.3) is 0 Å². The molecule has 3 aromatic rings. The lowest BCUT2D eigenvalue weighted by Crippen LogP contribution is -2.08. The van der Waals surface area contributed by atoms with E-state index in [0.717, 1.165) is 34.8 Å². The molecule has 0 amide bonds. The first-order chi connectivity index (χ1) is 10.1. The number of pyridine rings is 1. The van der Waals surface area contributed by atoms with Crippen LogP contribution in [0.15, 0.2) is 18.6 Å². The predicted molar refractivity (Wildman–Crippen MR) is 81.2 cm³/mol. The molecule has 0 fully saturated rings. The number of alkyl halides is 1. The van der Waals surface area contributed by atoms with Gasteiger partial charge in [-0.05, 0) is 25.5 Å². The molecule has 0 bridgehead atoms. The summed E-state index contributed by atoms with van der Waals surface area (Å²) in [5.74, 6) is 1.64. The van der Waals surface area contributed by atoms with Crippen molar-refractivity contribution in [1.29, 1.82) is 0 Å². The SMILES string of the molecule is Cc1ccnc2c1nc(C(C)Cl)n2CCc1ncn(C)n1. The van der Waals surface area contributed by atoms with E-state index in [1.807, 2.05) is 27.0 Å². The maximum Gasteiger partial charge on any atom is 0.160 e. The van der Waals surface area contributed by atoms with Crippen LogP contribution in [0.1, 0.15) is 29.5 Å². The van der Waals surface area contributed by atoms with Gasteiger partial charge in [0.15, 0.2) is 11.5 Å². The van der Waals surface area contributed by atoms with Gasteiger partial charge in [-0.15, -0.1) is 11.6 Å². The first-order valence-electron chi connectivity index (χ1n) is 6.86. The third-order valence-electron chi connectivity index (χ3n) is 3.43. The average molecular weight is 305 g/mol. The highest BCUT2D eigenvalue weighted by Crippen LogP contribution is 2.25. The molecule has 3 rings (SSSR count). The minimum absolute atomic E-state index is 0.171. The molecule has 21 heavy (non-hydrogen) atoms. The molecule has 3 aromatic heterocycles. The zero-order valence-electron chi connectivity index (χ0n) is 12.3. The van der Waals surface area contributed by atoms with Gasteiger partial charge in [-0.1, -0.05) is 0 Å². The number of nitrogens with zero attached hydrogens (tertiary/aromatic N) is 6. The molecule has 1 atom stereocenters. The molecular formula is C14H17ClN6. The second-order valence-electron chi connectivity index (χ2n) is 5.12. The van der Waals surface area contributed by atoms with Crippen molar-refractivity contribution >= 4 is 22.8 Å². The van der Waals surface area contributed by atoms with Gasteiger partial charge in [0.05, 0.1) is 5.38 Å². The Morgan fingerprint density at radius 2 is 2.14 bits per heavy atom. The Hall–Kier alpha value is -1.95. The quantitative estimate of drug-likeness (QED) is 0.694. The molecule has 0 saturated carbocycles. The number of hydrogen-bond acceptors (Lipinski definition) is 4. The smallest absolute Gasteiger partial charge is 0.160 e. The molecular weight excluding hydrogens is 288 g/mol. The number of hydrogen-bond donors (Lipinski definition) is 0. The number of aryl methyl sites for hydroxylation is 4. The summed E-state index contributed by atoms with van der Waals surface area (Å²) < 4.78 is 3.77. The maximum atomic E-state index is 6.27. The van der Waals surface area contributed by atoms with Crippen molar-refractivity contribution in [3.8, 4) is 0 Å². The van der Waals surface area contributed by atoms with Crippen molar-refractivity contribution in [2.75, 3.05) is 0 Å². The third kappa shape index (κ3) is 2.63. The first kappa shape index (κ1) is 14.0. The van der Waals surface area contributed by atoms with Crippen molar-refractivity contribution < 1.29 is 0 Å². The number of halogens is 1. The molecule has 0 spiro atoms. The van der Waals surface area contributed by atoms with E-state index in [-0.39, 0.29) is 5.38 Å². The number of imidazole rings is 1. The van der Waals surface area contributed by atoms with E-state index in [0.29, 0.717) is 6.54 Å². The van der Waals surface area contributed by atoms with Gasteiger partial charge in [0.2, 0.25) is 0 Å². The molecule has 0 radical (unpaired) electrons. The van der Waals surface area contributed by atoms with E-state index in [1.165, 1.54) is 0 Å². The van der Waals surface area contributed by atoms with Gasteiger partial charge in [-0.3, -0.25) is 4.68 Å². The summed E-state index contributed by atoms with van der Waals surface area (Å²) in [6.07, 6.45) is 4.23. The van der Waals surface area contributed by atoms with Crippen LogP contribution in [0.4, 0.5) is 0 Å². The van der Waals surface area contributed by atoms with Gasteiger partial charge in [-0.2, -0.15) is 5.10 Å². The lowest BCUT2D eigenvalue weighted by molar-refractivity contribution is 0.637. The Bertz CT molecular complexity index is 773. The highest BCUT2D eigenvalue weighted by Gasteiger charge is 2.17. The molecule has 0 aliphatic heterocycles. The Balaban J connectivity index is 1.99. The predicted octanol–water partition coefficient (Wildman–Crippen LogP) is 2.41. The van der Waals surface area contributed by atoms with Crippen molar-refractivity contribution in [3.63, 3.8) is 0 Å². The molecule has 0 N–H and O–H groups in total. The summed E-state index contributed by atoms with van der Waals surface area (Å²) in [7, 11) is 1.86. The molecule has 1 unspecified atom stereocenters. The van der Waals surface area contributed by atoms with Crippen LogP contribution in [0.25, 0.3) is 11.2 Å². The summed E-state index contributed by atoms with van der Waals surface area (Å²) in [5.41, 5.74) is 2.88. The number of rotatable bonds is 4. The van der Waals surface area contributed by atoms with Crippen LogP contribution in [-0.2, 0) is 20.0 Å². The third-order valence-corrected chi connectivity index (χ3v) is 3.62. The van der Waals surface area contributed by atoms with Gasteiger partial charge in [0, 0.05) is 26.2 Å². The molecule has 0 aliphatic carbocycles. The zero-order chi connectivity index (χ0) is 15.0. The number of aromatic nitrogens is 6. The van der Waals surface area contributed by atoms with Gasteiger partial charge >= 0.3 is 0 Å². The molecule has 3 heterocycles.